The molecule has 3 nitrogen and oxygen atoms in total. The highest BCUT2D eigenvalue weighted by Gasteiger charge is 2.38. The Morgan fingerprint density at radius 1 is 1.00 bits per heavy atom. The lowest BCUT2D eigenvalue weighted by atomic mass is 9.81. The van der Waals surface area contributed by atoms with Crippen molar-refractivity contribution in [2.45, 2.75) is 56.8 Å². The maximum Gasteiger partial charge on any atom is 0.251 e. The van der Waals surface area contributed by atoms with Gasteiger partial charge in [-0.05, 0) is 55.5 Å². The summed E-state index contributed by atoms with van der Waals surface area (Å²) in [7, 11) is 0. The predicted molar refractivity (Wildman–Crippen MR) is 100 cm³/mol. The quantitative estimate of drug-likeness (QED) is 0.897. The van der Waals surface area contributed by atoms with Gasteiger partial charge in [-0.1, -0.05) is 36.8 Å². The fraction of sp³-hybridized carbons (Fsp3) is 0.409. The minimum atomic E-state index is -0.315. The summed E-state index contributed by atoms with van der Waals surface area (Å²) in [6.07, 6.45) is 5.67. The molecule has 2 unspecified atom stereocenters. The Kier molecular flexibility index (Phi) is 5.02. The molecule has 0 saturated carbocycles. The summed E-state index contributed by atoms with van der Waals surface area (Å²) in [5.41, 5.74) is 1.89. The number of hydrogen-bond donors (Lipinski definition) is 1. The lowest BCUT2D eigenvalue weighted by Gasteiger charge is -2.49. The Bertz CT molecular complexity index is 732. The number of carbonyl (C=O) groups excluding carboxylic acids is 1. The van der Waals surface area contributed by atoms with Gasteiger partial charge in [0.2, 0.25) is 0 Å². The number of hydrogen-bond acceptors (Lipinski definition) is 2. The molecule has 2 aromatic rings. The molecule has 136 valence electrons. The number of benzene rings is 2. The maximum atomic E-state index is 13.0. The van der Waals surface area contributed by atoms with E-state index in [0.717, 1.165) is 19.4 Å². The summed E-state index contributed by atoms with van der Waals surface area (Å²) >= 11 is 0. The molecular weight excluding hydrogens is 327 g/mol. The van der Waals surface area contributed by atoms with E-state index < -0.39 is 0 Å². The first kappa shape index (κ1) is 17.2. The van der Waals surface area contributed by atoms with Crippen LogP contribution in [-0.4, -0.2) is 28.9 Å². The Morgan fingerprint density at radius 3 is 2.31 bits per heavy atom. The second-order valence-corrected chi connectivity index (χ2v) is 7.55. The molecule has 4 rings (SSSR count). The van der Waals surface area contributed by atoms with Crippen LogP contribution >= 0.6 is 0 Å². The molecule has 0 aliphatic carbocycles. The van der Waals surface area contributed by atoms with E-state index in [1.54, 1.807) is 12.1 Å². The summed E-state index contributed by atoms with van der Waals surface area (Å²) < 4.78 is 13.0. The SMILES string of the molecule is O=C(NC1CC2CCCC(C1)N2Cc1ccccc1)c1ccc(F)cc1. The number of amides is 1. The number of nitrogens with zero attached hydrogens (tertiary/aromatic N) is 1. The average molecular weight is 352 g/mol. The van der Waals surface area contributed by atoms with Gasteiger partial charge < -0.3 is 5.32 Å². The van der Waals surface area contributed by atoms with Crippen molar-refractivity contribution in [1.29, 1.82) is 0 Å². The highest BCUT2D eigenvalue weighted by molar-refractivity contribution is 5.94. The van der Waals surface area contributed by atoms with Gasteiger partial charge in [0.25, 0.3) is 5.91 Å². The van der Waals surface area contributed by atoms with Crippen molar-refractivity contribution in [3.8, 4) is 0 Å². The first-order chi connectivity index (χ1) is 12.7. The fourth-order valence-electron chi connectivity index (χ4n) is 4.52. The van der Waals surface area contributed by atoms with Gasteiger partial charge in [0.1, 0.15) is 5.82 Å². The molecule has 2 saturated heterocycles. The van der Waals surface area contributed by atoms with Crippen molar-refractivity contribution >= 4 is 5.91 Å². The minimum Gasteiger partial charge on any atom is -0.349 e. The molecule has 2 aliphatic rings. The summed E-state index contributed by atoms with van der Waals surface area (Å²) in [4.78, 5) is 15.1. The second-order valence-electron chi connectivity index (χ2n) is 7.55. The number of rotatable bonds is 4. The number of fused-ring (bicyclic) bond motifs is 2. The van der Waals surface area contributed by atoms with Crippen LogP contribution in [0.2, 0.25) is 0 Å². The van der Waals surface area contributed by atoms with E-state index in [1.807, 2.05) is 0 Å². The van der Waals surface area contributed by atoms with Gasteiger partial charge in [-0.25, -0.2) is 4.39 Å². The van der Waals surface area contributed by atoms with Crippen LogP contribution in [0.4, 0.5) is 4.39 Å². The maximum absolute atomic E-state index is 13.0. The summed E-state index contributed by atoms with van der Waals surface area (Å²) in [6.45, 7) is 0.995. The molecule has 2 aliphatic heterocycles. The van der Waals surface area contributed by atoms with Crippen molar-refractivity contribution < 1.29 is 9.18 Å². The average Bonchev–Trinajstić information content (AvgIpc) is 2.64. The van der Waals surface area contributed by atoms with E-state index in [-0.39, 0.29) is 17.8 Å². The fourth-order valence-corrected chi connectivity index (χ4v) is 4.52. The number of nitrogens with one attached hydrogen (secondary N) is 1. The van der Waals surface area contributed by atoms with E-state index in [4.69, 9.17) is 0 Å². The van der Waals surface area contributed by atoms with Gasteiger partial charge in [0.05, 0.1) is 0 Å². The largest absolute Gasteiger partial charge is 0.349 e. The topological polar surface area (TPSA) is 32.3 Å². The molecule has 0 spiro atoms. The van der Waals surface area contributed by atoms with Gasteiger partial charge in [-0.3, -0.25) is 9.69 Å². The molecule has 2 heterocycles. The molecule has 2 bridgehead atoms. The number of halogens is 1. The Morgan fingerprint density at radius 2 is 1.65 bits per heavy atom. The molecule has 26 heavy (non-hydrogen) atoms. The van der Waals surface area contributed by atoms with E-state index in [2.05, 4.69) is 40.5 Å². The molecule has 0 aromatic heterocycles. The number of piperidine rings is 2. The van der Waals surface area contributed by atoms with E-state index in [0.29, 0.717) is 17.6 Å². The smallest absolute Gasteiger partial charge is 0.251 e. The summed E-state index contributed by atoms with van der Waals surface area (Å²) in [5, 5.41) is 3.18. The van der Waals surface area contributed by atoms with Crippen molar-refractivity contribution in [3.05, 3.63) is 71.5 Å². The predicted octanol–water partition coefficient (Wildman–Crippen LogP) is 4.14. The molecule has 2 aromatic carbocycles. The van der Waals surface area contributed by atoms with Crippen LogP contribution in [0.1, 0.15) is 48.0 Å². The third-order valence-corrected chi connectivity index (χ3v) is 5.78. The highest BCUT2D eigenvalue weighted by atomic mass is 19.1. The normalized spacial score (nSPS) is 25.7. The zero-order valence-electron chi connectivity index (χ0n) is 14.9. The van der Waals surface area contributed by atoms with Crippen molar-refractivity contribution in [2.24, 2.45) is 0 Å². The Labute approximate surface area is 154 Å². The summed E-state index contributed by atoms with van der Waals surface area (Å²) in [5.74, 6) is -0.408. The standard InChI is InChI=1S/C22H25FN2O/c23-18-11-9-17(10-12-18)22(26)24-19-13-20-7-4-8-21(14-19)25(20)15-16-5-2-1-3-6-16/h1-3,5-6,9-12,19-21H,4,7-8,13-15H2,(H,24,26). The number of carbonyl (C=O) groups is 1. The lowest BCUT2D eigenvalue weighted by molar-refractivity contribution is 0.0177. The Balaban J connectivity index is 1.41. The van der Waals surface area contributed by atoms with Crippen molar-refractivity contribution in [3.63, 3.8) is 0 Å². The van der Waals surface area contributed by atoms with Crippen LogP contribution in [0.5, 0.6) is 0 Å². The van der Waals surface area contributed by atoms with Crippen LogP contribution in [0.25, 0.3) is 0 Å². The third-order valence-electron chi connectivity index (χ3n) is 5.78. The van der Waals surface area contributed by atoms with Crippen LogP contribution in [0.15, 0.2) is 54.6 Å². The molecule has 4 heteroatoms. The first-order valence-electron chi connectivity index (χ1n) is 9.55. The van der Waals surface area contributed by atoms with Crippen molar-refractivity contribution in [1.82, 2.24) is 10.2 Å². The van der Waals surface area contributed by atoms with E-state index in [1.165, 1.54) is 37.0 Å². The monoisotopic (exact) mass is 352 g/mol. The molecular formula is C22H25FN2O. The Hall–Kier alpha value is -2.20. The minimum absolute atomic E-state index is 0.0930. The van der Waals surface area contributed by atoms with Crippen LogP contribution < -0.4 is 5.32 Å². The summed E-state index contributed by atoms with van der Waals surface area (Å²) in [6, 6.07) is 17.7. The zero-order chi connectivity index (χ0) is 17.9. The van der Waals surface area contributed by atoms with Gasteiger partial charge in [-0.15, -0.1) is 0 Å². The molecule has 1 N–H and O–H groups in total. The van der Waals surface area contributed by atoms with Crippen LogP contribution in [0.3, 0.4) is 0 Å². The van der Waals surface area contributed by atoms with E-state index >= 15 is 0 Å². The highest BCUT2D eigenvalue weighted by Crippen LogP contribution is 2.35. The van der Waals surface area contributed by atoms with Crippen molar-refractivity contribution in [2.75, 3.05) is 0 Å². The third kappa shape index (κ3) is 3.80. The van der Waals surface area contributed by atoms with Crippen LogP contribution in [0, 0.1) is 5.82 Å². The van der Waals surface area contributed by atoms with Crippen LogP contribution in [-0.2, 0) is 6.54 Å². The van der Waals surface area contributed by atoms with Gasteiger partial charge >= 0.3 is 0 Å². The molecule has 2 fully saturated rings. The van der Waals surface area contributed by atoms with Gasteiger partial charge in [0, 0.05) is 30.2 Å². The molecule has 0 radical (unpaired) electrons. The molecule has 1 amide bonds. The van der Waals surface area contributed by atoms with Gasteiger partial charge in [-0.2, -0.15) is 0 Å². The lowest BCUT2D eigenvalue weighted by Crippen LogP contribution is -2.56. The van der Waals surface area contributed by atoms with E-state index in [9.17, 15) is 9.18 Å². The zero-order valence-corrected chi connectivity index (χ0v) is 14.9. The van der Waals surface area contributed by atoms with Gasteiger partial charge in [0.15, 0.2) is 0 Å². The second kappa shape index (κ2) is 7.58. The molecule has 2 atom stereocenters. The first-order valence-corrected chi connectivity index (χ1v) is 9.55.